The minimum Gasteiger partial charge on any atom is -0.481 e. The summed E-state index contributed by atoms with van der Waals surface area (Å²) < 4.78 is 14.9. The number of aliphatic carboxylic acids is 1. The first-order valence-corrected chi connectivity index (χ1v) is 6.89. The highest BCUT2D eigenvalue weighted by Gasteiger charge is 2.08. The molecule has 0 aliphatic heterocycles. The number of nitrogens with zero attached hydrogens (tertiary/aromatic N) is 4. The van der Waals surface area contributed by atoms with Gasteiger partial charge >= 0.3 is 5.97 Å². The van der Waals surface area contributed by atoms with E-state index in [1.807, 2.05) is 0 Å². The summed E-state index contributed by atoms with van der Waals surface area (Å²) in [5.41, 5.74) is 2.49. The van der Waals surface area contributed by atoms with Gasteiger partial charge < -0.3 is 5.11 Å². The van der Waals surface area contributed by atoms with Crippen LogP contribution in [0.25, 0.3) is 5.65 Å². The highest BCUT2D eigenvalue weighted by Crippen LogP contribution is 2.24. The Morgan fingerprint density at radius 3 is 2.65 bits per heavy atom. The molecule has 6 nitrogen and oxygen atoms in total. The first kappa shape index (κ1) is 14.8. The zero-order valence-electron chi connectivity index (χ0n) is 12.3. The third-order valence-corrected chi connectivity index (χ3v) is 3.28. The molecule has 0 spiro atoms. The monoisotopic (exact) mass is 312 g/mol. The van der Waals surface area contributed by atoms with Crippen LogP contribution < -0.4 is 0 Å². The molecule has 1 N–H and O–H groups in total. The molecule has 1 aromatic carbocycles. The fraction of sp³-hybridized carbons (Fsp3) is 0.125. The number of hydrogen-bond donors (Lipinski definition) is 1. The van der Waals surface area contributed by atoms with Gasteiger partial charge in [0, 0.05) is 6.20 Å². The Labute approximate surface area is 130 Å². The molecular weight excluding hydrogens is 299 g/mol. The number of carboxylic acids is 1. The molecule has 0 bridgehead atoms. The van der Waals surface area contributed by atoms with Crippen LogP contribution in [0.5, 0.6) is 0 Å². The highest BCUT2D eigenvalue weighted by atomic mass is 19.1. The number of azo groups is 1. The molecule has 2 aromatic heterocycles. The SMILES string of the molecule is Cc1nc2ccc(F)cn2c1N=Nc1ccc(CC(=O)O)cc1. The lowest BCUT2D eigenvalue weighted by Gasteiger charge is -1.98. The van der Waals surface area contributed by atoms with E-state index in [9.17, 15) is 9.18 Å². The quantitative estimate of drug-likeness (QED) is 0.744. The second-order valence-electron chi connectivity index (χ2n) is 5.03. The molecular formula is C16H13FN4O2. The van der Waals surface area contributed by atoms with Crippen molar-refractivity contribution in [2.75, 3.05) is 0 Å². The van der Waals surface area contributed by atoms with Crippen molar-refractivity contribution in [1.82, 2.24) is 9.38 Å². The van der Waals surface area contributed by atoms with E-state index >= 15 is 0 Å². The molecule has 0 atom stereocenters. The summed E-state index contributed by atoms with van der Waals surface area (Å²) in [5.74, 6) is -0.818. The predicted octanol–water partition coefficient (Wildman–Crippen LogP) is 3.82. The first-order valence-electron chi connectivity index (χ1n) is 6.89. The Bertz CT molecular complexity index is 900. The third kappa shape index (κ3) is 3.23. The maximum Gasteiger partial charge on any atom is 0.307 e. The summed E-state index contributed by atoms with van der Waals surface area (Å²) in [5, 5.41) is 17.0. The van der Waals surface area contributed by atoms with Crippen LogP contribution in [-0.2, 0) is 11.2 Å². The van der Waals surface area contributed by atoms with Gasteiger partial charge in [0.1, 0.15) is 11.5 Å². The van der Waals surface area contributed by atoms with Crippen molar-refractivity contribution in [2.45, 2.75) is 13.3 Å². The molecule has 23 heavy (non-hydrogen) atoms. The van der Waals surface area contributed by atoms with Gasteiger partial charge in [-0.1, -0.05) is 12.1 Å². The molecule has 0 fully saturated rings. The predicted molar refractivity (Wildman–Crippen MR) is 81.8 cm³/mol. The van der Waals surface area contributed by atoms with Gasteiger partial charge in [0.15, 0.2) is 5.82 Å². The molecule has 116 valence electrons. The Balaban J connectivity index is 1.89. The summed E-state index contributed by atoms with van der Waals surface area (Å²) in [7, 11) is 0. The lowest BCUT2D eigenvalue weighted by atomic mass is 10.1. The molecule has 3 aromatic rings. The molecule has 2 heterocycles. The average Bonchev–Trinajstić information content (AvgIpc) is 2.81. The minimum absolute atomic E-state index is 0.0386. The van der Waals surface area contributed by atoms with E-state index in [0.717, 1.165) is 0 Å². The topological polar surface area (TPSA) is 79.3 Å². The lowest BCUT2D eigenvalue weighted by Crippen LogP contribution is -1.99. The summed E-state index contributed by atoms with van der Waals surface area (Å²) in [6.45, 7) is 1.77. The van der Waals surface area contributed by atoms with Crippen molar-refractivity contribution in [3.8, 4) is 0 Å². The maximum absolute atomic E-state index is 13.4. The van der Waals surface area contributed by atoms with Crippen molar-refractivity contribution < 1.29 is 14.3 Å². The lowest BCUT2D eigenvalue weighted by molar-refractivity contribution is -0.136. The molecule has 0 aliphatic carbocycles. The van der Waals surface area contributed by atoms with Gasteiger partial charge in [-0.05, 0) is 36.8 Å². The molecule has 0 amide bonds. The number of fused-ring (bicyclic) bond motifs is 1. The molecule has 7 heteroatoms. The van der Waals surface area contributed by atoms with E-state index in [1.165, 1.54) is 16.7 Å². The summed E-state index contributed by atoms with van der Waals surface area (Å²) >= 11 is 0. The fourth-order valence-electron chi connectivity index (χ4n) is 2.20. The molecule has 0 radical (unpaired) electrons. The smallest absolute Gasteiger partial charge is 0.307 e. The van der Waals surface area contributed by atoms with Gasteiger partial charge in [-0.3, -0.25) is 9.20 Å². The Hall–Kier alpha value is -3.09. The van der Waals surface area contributed by atoms with Crippen LogP contribution in [0.4, 0.5) is 15.9 Å². The Morgan fingerprint density at radius 2 is 1.96 bits per heavy atom. The number of aromatic nitrogens is 2. The van der Waals surface area contributed by atoms with Crippen LogP contribution >= 0.6 is 0 Å². The summed E-state index contributed by atoms with van der Waals surface area (Å²) in [6, 6.07) is 9.64. The first-order chi connectivity index (χ1) is 11.0. The van der Waals surface area contributed by atoms with Gasteiger partial charge in [-0.2, -0.15) is 0 Å². The Morgan fingerprint density at radius 1 is 1.22 bits per heavy atom. The standard InChI is InChI=1S/C16H13FN4O2/c1-10-16(21-9-12(17)4-7-14(21)18-10)20-19-13-5-2-11(3-6-13)8-15(22)23/h2-7,9H,8H2,1H3,(H,22,23). The second kappa shape index (κ2) is 5.96. The molecule has 3 rings (SSSR count). The van der Waals surface area contributed by atoms with Crippen molar-refractivity contribution in [3.05, 3.63) is 59.7 Å². The van der Waals surface area contributed by atoms with Crippen LogP contribution in [0.15, 0.2) is 52.8 Å². The van der Waals surface area contributed by atoms with Crippen molar-refractivity contribution in [3.63, 3.8) is 0 Å². The highest BCUT2D eigenvalue weighted by molar-refractivity contribution is 5.70. The number of carbonyl (C=O) groups is 1. The Kier molecular flexibility index (Phi) is 3.84. The zero-order chi connectivity index (χ0) is 16.4. The summed E-state index contributed by atoms with van der Waals surface area (Å²) in [6.07, 6.45) is 1.27. The minimum atomic E-state index is -0.886. The molecule has 0 saturated heterocycles. The molecule has 0 unspecified atom stereocenters. The van der Waals surface area contributed by atoms with E-state index in [-0.39, 0.29) is 12.2 Å². The second-order valence-corrected chi connectivity index (χ2v) is 5.03. The maximum atomic E-state index is 13.4. The number of pyridine rings is 1. The van der Waals surface area contributed by atoms with Crippen molar-refractivity contribution in [1.29, 1.82) is 0 Å². The van der Waals surface area contributed by atoms with E-state index in [4.69, 9.17) is 5.11 Å². The number of rotatable bonds is 4. The molecule has 0 aliphatic rings. The number of carboxylic acid groups (broad SMARTS) is 1. The van der Waals surface area contributed by atoms with Gasteiger partial charge in [0.25, 0.3) is 0 Å². The normalized spacial score (nSPS) is 11.4. The van der Waals surface area contributed by atoms with Gasteiger partial charge in [0.05, 0.1) is 17.8 Å². The fourth-order valence-corrected chi connectivity index (χ4v) is 2.20. The number of benzene rings is 1. The van der Waals surface area contributed by atoms with Crippen LogP contribution in [-0.4, -0.2) is 20.5 Å². The van der Waals surface area contributed by atoms with Crippen molar-refractivity contribution >= 4 is 23.1 Å². The van der Waals surface area contributed by atoms with Gasteiger partial charge in [-0.15, -0.1) is 10.2 Å². The van der Waals surface area contributed by atoms with Gasteiger partial charge in [0.2, 0.25) is 0 Å². The third-order valence-electron chi connectivity index (χ3n) is 3.28. The van der Waals surface area contributed by atoms with Gasteiger partial charge in [-0.25, -0.2) is 9.37 Å². The van der Waals surface area contributed by atoms with E-state index in [2.05, 4.69) is 15.2 Å². The van der Waals surface area contributed by atoms with E-state index in [1.54, 1.807) is 37.3 Å². The largest absolute Gasteiger partial charge is 0.481 e. The number of hydrogen-bond acceptors (Lipinski definition) is 4. The van der Waals surface area contributed by atoms with Crippen LogP contribution in [0.2, 0.25) is 0 Å². The molecule has 0 saturated carbocycles. The number of aryl methyl sites for hydroxylation is 1. The zero-order valence-corrected chi connectivity index (χ0v) is 12.3. The summed E-state index contributed by atoms with van der Waals surface area (Å²) in [4.78, 5) is 14.9. The van der Waals surface area contributed by atoms with Crippen LogP contribution in [0.3, 0.4) is 0 Å². The van der Waals surface area contributed by atoms with E-state index in [0.29, 0.717) is 28.4 Å². The van der Waals surface area contributed by atoms with E-state index < -0.39 is 5.97 Å². The van der Waals surface area contributed by atoms with Crippen LogP contribution in [0.1, 0.15) is 11.3 Å². The van der Waals surface area contributed by atoms with Crippen LogP contribution in [0, 0.1) is 12.7 Å². The number of imidazole rings is 1. The van der Waals surface area contributed by atoms with Crippen molar-refractivity contribution in [2.24, 2.45) is 10.2 Å². The number of halogens is 1. The average molecular weight is 312 g/mol.